The number of urea groups is 1. The molecular formula is C16H21N3O4. The third-order valence-corrected chi connectivity index (χ3v) is 3.48. The van der Waals surface area contributed by atoms with Crippen molar-refractivity contribution < 1.29 is 19.1 Å². The summed E-state index contributed by atoms with van der Waals surface area (Å²) in [7, 11) is 0. The minimum atomic E-state index is -0.429. The summed E-state index contributed by atoms with van der Waals surface area (Å²) in [5.41, 5.74) is 1.11. The van der Waals surface area contributed by atoms with Crippen molar-refractivity contribution in [1.82, 2.24) is 15.5 Å². The van der Waals surface area contributed by atoms with Gasteiger partial charge in [0.1, 0.15) is 0 Å². The second-order valence-corrected chi connectivity index (χ2v) is 5.10. The number of amides is 4. The van der Waals surface area contributed by atoms with Crippen molar-refractivity contribution in [1.29, 1.82) is 0 Å². The van der Waals surface area contributed by atoms with Gasteiger partial charge in [0.15, 0.2) is 0 Å². The zero-order chi connectivity index (χ0) is 16.7. The minimum absolute atomic E-state index is 0.00459. The van der Waals surface area contributed by atoms with Crippen molar-refractivity contribution in [3.05, 3.63) is 35.4 Å². The molecule has 1 fully saturated rings. The first-order valence-electron chi connectivity index (χ1n) is 7.65. The van der Waals surface area contributed by atoms with Crippen LogP contribution < -0.4 is 10.6 Å². The third-order valence-electron chi connectivity index (χ3n) is 3.48. The number of imide groups is 1. The molecule has 0 aromatic heterocycles. The summed E-state index contributed by atoms with van der Waals surface area (Å²) in [6.45, 7) is 3.78. The van der Waals surface area contributed by atoms with E-state index in [9.17, 15) is 14.4 Å². The number of nitrogens with zero attached hydrogens (tertiary/aromatic N) is 1. The summed E-state index contributed by atoms with van der Waals surface area (Å²) in [6, 6.07) is 6.53. The van der Waals surface area contributed by atoms with Crippen LogP contribution in [0.5, 0.6) is 0 Å². The Balaban J connectivity index is 1.98. The predicted molar refractivity (Wildman–Crippen MR) is 83.8 cm³/mol. The molecule has 1 aromatic carbocycles. The number of carbonyl (C=O) groups is 3. The molecule has 7 heteroatoms. The van der Waals surface area contributed by atoms with E-state index in [0.29, 0.717) is 30.9 Å². The summed E-state index contributed by atoms with van der Waals surface area (Å²) in [6.07, 6.45) is 0.731. The number of ether oxygens (including phenoxy) is 1. The number of carbonyl (C=O) groups excluding carboxylic acids is 3. The van der Waals surface area contributed by atoms with Crippen LogP contribution in [-0.4, -0.2) is 49.0 Å². The van der Waals surface area contributed by atoms with Crippen LogP contribution >= 0.6 is 0 Å². The molecule has 0 bridgehead atoms. The fraction of sp³-hybridized carbons (Fsp3) is 0.438. The Kier molecular flexibility index (Phi) is 6.10. The molecule has 7 nitrogen and oxygen atoms in total. The number of rotatable bonds is 8. The van der Waals surface area contributed by atoms with Gasteiger partial charge in [-0.1, -0.05) is 18.2 Å². The molecule has 0 unspecified atom stereocenters. The van der Waals surface area contributed by atoms with E-state index < -0.39 is 6.03 Å². The van der Waals surface area contributed by atoms with E-state index in [2.05, 4.69) is 10.6 Å². The molecule has 0 spiro atoms. The lowest BCUT2D eigenvalue weighted by atomic mass is 10.1. The highest BCUT2D eigenvalue weighted by molar-refractivity contribution is 6.02. The Labute approximate surface area is 135 Å². The Morgan fingerprint density at radius 3 is 2.83 bits per heavy atom. The van der Waals surface area contributed by atoms with Crippen molar-refractivity contribution >= 4 is 17.8 Å². The molecular weight excluding hydrogens is 298 g/mol. The van der Waals surface area contributed by atoms with Crippen LogP contribution in [-0.2, 0) is 16.1 Å². The Morgan fingerprint density at radius 2 is 2.13 bits per heavy atom. The maximum atomic E-state index is 12.3. The van der Waals surface area contributed by atoms with Gasteiger partial charge in [-0.25, -0.2) is 4.79 Å². The van der Waals surface area contributed by atoms with Gasteiger partial charge in [0.25, 0.3) is 5.91 Å². The maximum Gasteiger partial charge on any atom is 0.324 e. The van der Waals surface area contributed by atoms with Gasteiger partial charge >= 0.3 is 6.03 Å². The van der Waals surface area contributed by atoms with E-state index >= 15 is 0 Å². The number of hydrogen-bond donors (Lipinski definition) is 2. The van der Waals surface area contributed by atoms with Crippen molar-refractivity contribution in [2.24, 2.45) is 0 Å². The van der Waals surface area contributed by atoms with Crippen LogP contribution in [0.15, 0.2) is 24.3 Å². The van der Waals surface area contributed by atoms with Gasteiger partial charge in [0, 0.05) is 25.3 Å². The van der Waals surface area contributed by atoms with Crippen LogP contribution in [0.3, 0.4) is 0 Å². The third kappa shape index (κ3) is 4.53. The largest absolute Gasteiger partial charge is 0.382 e. The lowest BCUT2D eigenvalue weighted by Crippen LogP contribution is -2.32. The van der Waals surface area contributed by atoms with E-state index in [-0.39, 0.29) is 24.9 Å². The number of benzene rings is 1. The van der Waals surface area contributed by atoms with E-state index in [1.54, 1.807) is 24.3 Å². The smallest absolute Gasteiger partial charge is 0.324 e. The average Bonchev–Trinajstić information content (AvgIpc) is 2.87. The molecule has 2 rings (SSSR count). The Bertz CT molecular complexity index is 572. The first kappa shape index (κ1) is 17.0. The molecule has 1 saturated heterocycles. The van der Waals surface area contributed by atoms with Gasteiger partial charge in [-0.3, -0.25) is 14.5 Å². The van der Waals surface area contributed by atoms with Gasteiger partial charge < -0.3 is 15.4 Å². The van der Waals surface area contributed by atoms with Crippen molar-refractivity contribution in [2.75, 3.05) is 26.3 Å². The zero-order valence-corrected chi connectivity index (χ0v) is 13.1. The molecule has 1 aliphatic heterocycles. The molecule has 23 heavy (non-hydrogen) atoms. The summed E-state index contributed by atoms with van der Waals surface area (Å²) in [4.78, 5) is 36.7. The monoisotopic (exact) mass is 319 g/mol. The van der Waals surface area contributed by atoms with Gasteiger partial charge in [-0.15, -0.1) is 0 Å². The second-order valence-electron chi connectivity index (χ2n) is 5.10. The van der Waals surface area contributed by atoms with E-state index in [0.717, 1.165) is 11.3 Å². The van der Waals surface area contributed by atoms with E-state index in [1.165, 1.54) is 0 Å². The SMILES string of the molecule is CCOCCCNC(=O)c1ccccc1CN1C(=O)CNC1=O. The summed E-state index contributed by atoms with van der Waals surface area (Å²) in [5.74, 6) is -0.508. The maximum absolute atomic E-state index is 12.3. The fourth-order valence-corrected chi connectivity index (χ4v) is 2.28. The zero-order valence-electron chi connectivity index (χ0n) is 13.1. The standard InChI is InChI=1S/C16H21N3O4/c1-2-23-9-5-8-17-15(21)13-7-4-3-6-12(13)11-19-14(20)10-18-16(19)22/h3-4,6-7H,2,5,8-11H2,1H3,(H,17,21)(H,18,22). The first-order valence-corrected chi connectivity index (χ1v) is 7.65. The lowest BCUT2D eigenvalue weighted by molar-refractivity contribution is -0.125. The minimum Gasteiger partial charge on any atom is -0.382 e. The predicted octanol–water partition coefficient (Wildman–Crippen LogP) is 0.895. The highest BCUT2D eigenvalue weighted by Gasteiger charge is 2.29. The highest BCUT2D eigenvalue weighted by atomic mass is 16.5. The molecule has 2 N–H and O–H groups in total. The van der Waals surface area contributed by atoms with Crippen LogP contribution in [0.1, 0.15) is 29.3 Å². The summed E-state index contributed by atoms with van der Waals surface area (Å²) < 4.78 is 5.22. The van der Waals surface area contributed by atoms with Crippen molar-refractivity contribution in [3.63, 3.8) is 0 Å². The van der Waals surface area contributed by atoms with Crippen molar-refractivity contribution in [2.45, 2.75) is 19.9 Å². The lowest BCUT2D eigenvalue weighted by Gasteiger charge is -2.15. The van der Waals surface area contributed by atoms with Crippen LogP contribution in [0, 0.1) is 0 Å². The normalized spacial score (nSPS) is 14.0. The molecule has 0 saturated carbocycles. The summed E-state index contributed by atoms with van der Waals surface area (Å²) >= 11 is 0. The molecule has 1 aliphatic rings. The second kappa shape index (κ2) is 8.28. The molecule has 0 aliphatic carbocycles. The topological polar surface area (TPSA) is 87.7 Å². The number of nitrogens with one attached hydrogen (secondary N) is 2. The van der Waals surface area contributed by atoms with E-state index in [1.807, 2.05) is 6.92 Å². The van der Waals surface area contributed by atoms with Crippen molar-refractivity contribution in [3.8, 4) is 0 Å². The number of hydrogen-bond acceptors (Lipinski definition) is 4. The Hall–Kier alpha value is -2.41. The van der Waals surface area contributed by atoms with Crippen LogP contribution in [0.2, 0.25) is 0 Å². The van der Waals surface area contributed by atoms with Gasteiger partial charge in [-0.05, 0) is 25.0 Å². The highest BCUT2D eigenvalue weighted by Crippen LogP contribution is 2.14. The van der Waals surface area contributed by atoms with Crippen LogP contribution in [0.4, 0.5) is 4.79 Å². The van der Waals surface area contributed by atoms with Gasteiger partial charge in [0.05, 0.1) is 13.1 Å². The molecule has 4 amide bonds. The van der Waals surface area contributed by atoms with Gasteiger partial charge in [0.2, 0.25) is 5.91 Å². The summed E-state index contributed by atoms with van der Waals surface area (Å²) in [5, 5.41) is 5.29. The molecule has 0 radical (unpaired) electrons. The van der Waals surface area contributed by atoms with Gasteiger partial charge in [-0.2, -0.15) is 0 Å². The van der Waals surface area contributed by atoms with E-state index in [4.69, 9.17) is 4.74 Å². The molecule has 0 atom stereocenters. The Morgan fingerprint density at radius 1 is 1.35 bits per heavy atom. The first-order chi connectivity index (χ1) is 11.1. The molecule has 1 aromatic rings. The average molecular weight is 319 g/mol. The van der Waals surface area contributed by atoms with Crippen LogP contribution in [0.25, 0.3) is 0 Å². The molecule has 124 valence electrons. The fourth-order valence-electron chi connectivity index (χ4n) is 2.28. The molecule has 1 heterocycles. The quantitative estimate of drug-likeness (QED) is 0.550.